The van der Waals surface area contributed by atoms with E-state index in [1.165, 1.54) is 0 Å². The number of benzene rings is 1. The summed E-state index contributed by atoms with van der Waals surface area (Å²) in [5, 5.41) is 10.5. The molecule has 1 aromatic carbocycles. The molecule has 0 aliphatic carbocycles. The average molecular weight is 299 g/mol. The summed E-state index contributed by atoms with van der Waals surface area (Å²) in [6, 6.07) is 8.02. The van der Waals surface area contributed by atoms with Gasteiger partial charge in [-0.15, -0.1) is 0 Å². The van der Waals surface area contributed by atoms with Gasteiger partial charge in [0.25, 0.3) is 5.91 Å². The smallest absolute Gasteiger partial charge is 0.280 e. The Kier molecular flexibility index (Phi) is 3.39. The molecule has 0 radical (unpaired) electrons. The number of aromatic nitrogens is 3. The van der Waals surface area contributed by atoms with Gasteiger partial charge in [-0.25, -0.2) is 0 Å². The van der Waals surface area contributed by atoms with Gasteiger partial charge in [-0.1, -0.05) is 12.1 Å². The molecule has 0 spiro atoms. The van der Waals surface area contributed by atoms with Crippen molar-refractivity contribution >= 4 is 17.3 Å². The molecule has 116 valence electrons. The van der Waals surface area contributed by atoms with Gasteiger partial charge >= 0.3 is 0 Å². The fraction of sp³-hybridized carbons (Fsp3) is 0.438. The number of nitrogens with one attached hydrogen (secondary N) is 1. The van der Waals surface area contributed by atoms with E-state index >= 15 is 0 Å². The number of amides is 1. The quantitative estimate of drug-likeness (QED) is 0.878. The molecule has 1 N–H and O–H groups in total. The van der Waals surface area contributed by atoms with E-state index in [1.54, 1.807) is 11.8 Å². The molecule has 2 aromatic rings. The predicted molar refractivity (Wildman–Crippen MR) is 86.3 cm³/mol. The highest BCUT2D eigenvalue weighted by Crippen LogP contribution is 2.37. The third-order valence-corrected chi connectivity index (χ3v) is 3.99. The molecule has 0 bridgehead atoms. The van der Waals surface area contributed by atoms with E-state index in [1.807, 2.05) is 18.2 Å². The summed E-state index contributed by atoms with van der Waals surface area (Å²) in [6.07, 6.45) is 0. The highest BCUT2D eigenvalue weighted by atomic mass is 16.2. The lowest BCUT2D eigenvalue weighted by molar-refractivity contribution is 0.0980. The Hall–Kier alpha value is -2.37. The SMILES string of the molecule is Cc1n[nH]nc1C(=O)N1CCN(C(C)(C)C)c2ccccc21. The van der Waals surface area contributed by atoms with E-state index in [4.69, 9.17) is 0 Å². The maximum Gasteiger partial charge on any atom is 0.280 e. The lowest BCUT2D eigenvalue weighted by Crippen LogP contribution is -2.51. The van der Waals surface area contributed by atoms with Crippen molar-refractivity contribution in [3.05, 3.63) is 35.7 Å². The molecule has 0 atom stereocenters. The van der Waals surface area contributed by atoms with Crippen molar-refractivity contribution in [3.8, 4) is 0 Å². The van der Waals surface area contributed by atoms with Crippen LogP contribution in [0.2, 0.25) is 0 Å². The molecule has 6 nitrogen and oxygen atoms in total. The van der Waals surface area contributed by atoms with Crippen LogP contribution in [-0.4, -0.2) is 39.9 Å². The summed E-state index contributed by atoms with van der Waals surface area (Å²) < 4.78 is 0. The van der Waals surface area contributed by atoms with Crippen LogP contribution in [0.4, 0.5) is 11.4 Å². The standard InChI is InChI=1S/C16H21N5O/c1-11-14(18-19-17-11)15(22)20-9-10-21(16(2,3)4)13-8-6-5-7-12(13)20/h5-8H,9-10H2,1-4H3,(H,17,18,19). The van der Waals surface area contributed by atoms with Crippen LogP contribution in [0.15, 0.2) is 24.3 Å². The molecule has 22 heavy (non-hydrogen) atoms. The van der Waals surface area contributed by atoms with Crippen molar-refractivity contribution in [2.45, 2.75) is 33.2 Å². The fourth-order valence-electron chi connectivity index (χ4n) is 2.88. The number of H-pyrrole nitrogens is 1. The number of hydrogen-bond acceptors (Lipinski definition) is 4. The van der Waals surface area contributed by atoms with Crippen molar-refractivity contribution in [2.24, 2.45) is 0 Å². The molecule has 1 aromatic heterocycles. The lowest BCUT2D eigenvalue weighted by atomic mass is 10.0. The number of fused-ring (bicyclic) bond motifs is 1. The van der Waals surface area contributed by atoms with Crippen molar-refractivity contribution in [1.82, 2.24) is 15.4 Å². The van der Waals surface area contributed by atoms with Crippen molar-refractivity contribution < 1.29 is 4.79 Å². The number of para-hydroxylation sites is 2. The van der Waals surface area contributed by atoms with Gasteiger partial charge in [-0.2, -0.15) is 15.4 Å². The highest BCUT2D eigenvalue weighted by Gasteiger charge is 2.33. The molecule has 1 amide bonds. The molecule has 0 saturated heterocycles. The second-order valence-corrected chi connectivity index (χ2v) is 6.53. The summed E-state index contributed by atoms with van der Waals surface area (Å²) in [7, 11) is 0. The summed E-state index contributed by atoms with van der Waals surface area (Å²) in [5.41, 5.74) is 3.03. The number of hydrogen-bond donors (Lipinski definition) is 1. The van der Waals surface area contributed by atoms with Gasteiger partial charge in [-0.3, -0.25) is 4.79 Å². The maximum absolute atomic E-state index is 12.8. The van der Waals surface area contributed by atoms with Gasteiger partial charge in [0.15, 0.2) is 5.69 Å². The number of aromatic amines is 1. The molecule has 2 heterocycles. The van der Waals surface area contributed by atoms with Crippen LogP contribution in [-0.2, 0) is 0 Å². The number of aryl methyl sites for hydroxylation is 1. The van der Waals surface area contributed by atoms with Crippen LogP contribution in [0.3, 0.4) is 0 Å². The lowest BCUT2D eigenvalue weighted by Gasteiger charge is -2.44. The van der Waals surface area contributed by atoms with Gasteiger partial charge in [0.05, 0.1) is 17.1 Å². The minimum Gasteiger partial charge on any atom is -0.363 e. The van der Waals surface area contributed by atoms with Gasteiger partial charge in [0.1, 0.15) is 0 Å². The minimum absolute atomic E-state index is 0.00898. The van der Waals surface area contributed by atoms with E-state index in [2.05, 4.69) is 47.1 Å². The van der Waals surface area contributed by atoms with Gasteiger partial charge < -0.3 is 9.80 Å². The zero-order chi connectivity index (χ0) is 15.9. The van der Waals surface area contributed by atoms with Crippen LogP contribution >= 0.6 is 0 Å². The molecule has 6 heteroatoms. The molecule has 1 aliphatic heterocycles. The largest absolute Gasteiger partial charge is 0.363 e. The first kappa shape index (κ1) is 14.6. The van der Waals surface area contributed by atoms with Crippen LogP contribution in [0, 0.1) is 6.92 Å². The van der Waals surface area contributed by atoms with Crippen molar-refractivity contribution in [3.63, 3.8) is 0 Å². The minimum atomic E-state index is -0.104. The Morgan fingerprint density at radius 2 is 1.82 bits per heavy atom. The predicted octanol–water partition coefficient (Wildman–Crippen LogP) is 2.38. The van der Waals surface area contributed by atoms with Crippen LogP contribution in [0.5, 0.6) is 0 Å². The molecule has 3 rings (SSSR count). The second kappa shape index (κ2) is 5.12. The van der Waals surface area contributed by atoms with E-state index in [0.717, 1.165) is 17.9 Å². The van der Waals surface area contributed by atoms with Crippen molar-refractivity contribution in [2.75, 3.05) is 22.9 Å². The van der Waals surface area contributed by atoms with Crippen LogP contribution in [0.1, 0.15) is 37.0 Å². The van der Waals surface area contributed by atoms with Gasteiger partial charge in [-0.05, 0) is 39.8 Å². The third-order valence-electron chi connectivity index (χ3n) is 3.99. The first-order valence-electron chi connectivity index (χ1n) is 7.45. The maximum atomic E-state index is 12.8. The Morgan fingerprint density at radius 3 is 2.41 bits per heavy atom. The summed E-state index contributed by atoms with van der Waals surface area (Å²) in [4.78, 5) is 16.9. The Bertz CT molecular complexity index is 701. The fourth-order valence-corrected chi connectivity index (χ4v) is 2.88. The van der Waals surface area contributed by atoms with Crippen molar-refractivity contribution in [1.29, 1.82) is 0 Å². The normalized spacial score (nSPS) is 14.9. The first-order chi connectivity index (χ1) is 10.4. The van der Waals surface area contributed by atoms with E-state index < -0.39 is 0 Å². The zero-order valence-corrected chi connectivity index (χ0v) is 13.4. The van der Waals surface area contributed by atoms with Gasteiger partial charge in [0.2, 0.25) is 0 Å². The highest BCUT2D eigenvalue weighted by molar-refractivity contribution is 6.07. The Morgan fingerprint density at radius 1 is 1.14 bits per heavy atom. The summed E-state index contributed by atoms with van der Waals surface area (Å²) in [5.74, 6) is -0.104. The average Bonchev–Trinajstić information content (AvgIpc) is 2.90. The Balaban J connectivity index is 2.02. The number of nitrogens with zero attached hydrogens (tertiary/aromatic N) is 4. The Labute approximate surface area is 130 Å². The number of carbonyl (C=O) groups excluding carboxylic acids is 1. The topological polar surface area (TPSA) is 65.1 Å². The molecule has 0 fully saturated rings. The molecular weight excluding hydrogens is 278 g/mol. The van der Waals surface area contributed by atoms with Crippen LogP contribution in [0.25, 0.3) is 0 Å². The van der Waals surface area contributed by atoms with E-state index in [9.17, 15) is 4.79 Å². The van der Waals surface area contributed by atoms with Gasteiger partial charge in [0, 0.05) is 18.6 Å². The first-order valence-corrected chi connectivity index (χ1v) is 7.45. The molecular formula is C16H21N5O. The summed E-state index contributed by atoms with van der Waals surface area (Å²) in [6.45, 7) is 9.77. The second-order valence-electron chi connectivity index (χ2n) is 6.53. The zero-order valence-electron chi connectivity index (χ0n) is 13.4. The van der Waals surface area contributed by atoms with Crippen LogP contribution < -0.4 is 9.80 Å². The van der Waals surface area contributed by atoms with E-state index in [-0.39, 0.29) is 11.4 Å². The summed E-state index contributed by atoms with van der Waals surface area (Å²) >= 11 is 0. The number of anilines is 2. The third kappa shape index (κ3) is 2.34. The number of carbonyl (C=O) groups is 1. The van der Waals surface area contributed by atoms with E-state index in [0.29, 0.717) is 17.9 Å². The molecule has 1 aliphatic rings. The number of rotatable bonds is 1. The molecule has 0 saturated carbocycles. The monoisotopic (exact) mass is 299 g/mol. The molecule has 0 unspecified atom stereocenters.